The zero-order chi connectivity index (χ0) is 20.9. The summed E-state index contributed by atoms with van der Waals surface area (Å²) < 4.78 is 32.9. The molecule has 2 N–H and O–H groups in total. The molecule has 0 aliphatic rings. The molecule has 0 radical (unpaired) electrons. The van der Waals surface area contributed by atoms with E-state index in [0.717, 1.165) is 0 Å². The van der Waals surface area contributed by atoms with Crippen LogP contribution in [0.2, 0.25) is 0 Å². The second kappa shape index (κ2) is 8.46. The molecule has 1 amide bonds. The van der Waals surface area contributed by atoms with Gasteiger partial charge in [-0.25, -0.2) is 8.42 Å². The first-order chi connectivity index (χ1) is 13.9. The molecule has 0 heterocycles. The first kappa shape index (κ1) is 19.9. The summed E-state index contributed by atoms with van der Waals surface area (Å²) in [5, 5.41) is 11.8. The minimum Gasteiger partial charge on any atom is -0.497 e. The zero-order valence-electron chi connectivity index (χ0n) is 15.4. The van der Waals surface area contributed by atoms with Crippen LogP contribution < -0.4 is 14.8 Å². The van der Waals surface area contributed by atoms with Gasteiger partial charge in [-0.05, 0) is 48.5 Å². The second-order valence-electron chi connectivity index (χ2n) is 5.94. The number of carbonyl (C=O) groups is 1. The van der Waals surface area contributed by atoms with Crippen molar-refractivity contribution in [1.82, 2.24) is 0 Å². The Morgan fingerprint density at radius 1 is 0.931 bits per heavy atom. The van der Waals surface area contributed by atoms with Gasteiger partial charge >= 0.3 is 0 Å². The summed E-state index contributed by atoms with van der Waals surface area (Å²) in [6.45, 7) is 0. The van der Waals surface area contributed by atoms with Crippen LogP contribution in [0, 0.1) is 11.3 Å². The highest BCUT2D eigenvalue weighted by Crippen LogP contribution is 2.23. The molecule has 0 saturated heterocycles. The average molecular weight is 407 g/mol. The zero-order valence-corrected chi connectivity index (χ0v) is 16.2. The van der Waals surface area contributed by atoms with Gasteiger partial charge in [0.2, 0.25) is 0 Å². The Kier molecular flexibility index (Phi) is 5.81. The summed E-state index contributed by atoms with van der Waals surface area (Å²) in [7, 11) is -2.43. The van der Waals surface area contributed by atoms with E-state index in [2.05, 4.69) is 10.0 Å². The summed E-state index contributed by atoms with van der Waals surface area (Å²) in [5.41, 5.74) is 0.887. The molecule has 0 unspecified atom stereocenters. The van der Waals surface area contributed by atoms with Gasteiger partial charge in [0, 0.05) is 0 Å². The second-order valence-corrected chi connectivity index (χ2v) is 7.62. The number of sulfonamides is 1. The van der Waals surface area contributed by atoms with Crippen molar-refractivity contribution in [3.63, 3.8) is 0 Å². The van der Waals surface area contributed by atoms with Gasteiger partial charge in [-0.15, -0.1) is 0 Å². The predicted octanol–water partition coefficient (Wildman–Crippen LogP) is 3.62. The van der Waals surface area contributed by atoms with Crippen LogP contribution in [0.25, 0.3) is 0 Å². The normalized spacial score (nSPS) is 10.6. The Bertz CT molecular complexity index is 1180. The largest absolute Gasteiger partial charge is 0.497 e. The molecule has 7 nitrogen and oxygen atoms in total. The minimum absolute atomic E-state index is 0.0309. The lowest BCUT2D eigenvalue weighted by Crippen LogP contribution is -2.19. The number of ether oxygens (including phenoxy) is 1. The highest BCUT2D eigenvalue weighted by Gasteiger charge is 2.19. The number of anilines is 2. The molecule has 0 aliphatic heterocycles. The van der Waals surface area contributed by atoms with E-state index in [0.29, 0.717) is 17.0 Å². The van der Waals surface area contributed by atoms with Crippen molar-refractivity contribution >= 4 is 27.3 Å². The molecule has 0 saturated carbocycles. The molecule has 3 aromatic carbocycles. The quantitative estimate of drug-likeness (QED) is 0.649. The molecule has 3 rings (SSSR count). The maximum Gasteiger partial charge on any atom is 0.261 e. The van der Waals surface area contributed by atoms with Crippen molar-refractivity contribution in [2.45, 2.75) is 4.90 Å². The maximum absolute atomic E-state index is 12.7. The molecule has 3 aromatic rings. The number of carbonyl (C=O) groups excluding carboxylic acids is 1. The van der Waals surface area contributed by atoms with Crippen molar-refractivity contribution in [1.29, 1.82) is 5.26 Å². The number of methoxy groups -OCH3 is 1. The van der Waals surface area contributed by atoms with Crippen LogP contribution >= 0.6 is 0 Å². The molecule has 146 valence electrons. The summed E-state index contributed by atoms with van der Waals surface area (Å²) in [5.74, 6) is -0.0133. The highest BCUT2D eigenvalue weighted by atomic mass is 32.2. The third kappa shape index (κ3) is 4.54. The monoisotopic (exact) mass is 407 g/mol. The fourth-order valence-corrected chi connectivity index (χ4v) is 3.69. The lowest BCUT2D eigenvalue weighted by Gasteiger charge is -2.13. The van der Waals surface area contributed by atoms with Gasteiger partial charge in [-0.1, -0.05) is 24.3 Å². The molecule has 0 fully saturated rings. The van der Waals surface area contributed by atoms with E-state index in [1.165, 1.54) is 43.5 Å². The van der Waals surface area contributed by atoms with Crippen molar-refractivity contribution in [2.75, 3.05) is 17.1 Å². The third-order valence-corrected chi connectivity index (χ3v) is 5.46. The number of hydrogen-bond acceptors (Lipinski definition) is 5. The molecular formula is C21H17N3O4S. The van der Waals surface area contributed by atoms with E-state index in [1.54, 1.807) is 36.4 Å². The number of hydrogen-bond donors (Lipinski definition) is 2. The van der Waals surface area contributed by atoms with Gasteiger partial charge in [0.1, 0.15) is 11.8 Å². The lowest BCUT2D eigenvalue weighted by molar-refractivity contribution is 0.102. The minimum atomic E-state index is -3.92. The number of rotatable bonds is 6. The molecule has 0 aliphatic carbocycles. The molecule has 8 heteroatoms. The van der Waals surface area contributed by atoms with Gasteiger partial charge < -0.3 is 10.1 Å². The first-order valence-corrected chi connectivity index (χ1v) is 9.99. The number of nitrogens with one attached hydrogen (secondary N) is 2. The topological polar surface area (TPSA) is 108 Å². The van der Waals surface area contributed by atoms with Gasteiger partial charge in [-0.2, -0.15) is 5.26 Å². The molecular weight excluding hydrogens is 390 g/mol. The summed E-state index contributed by atoms with van der Waals surface area (Å²) >= 11 is 0. The van der Waals surface area contributed by atoms with Crippen LogP contribution in [0.5, 0.6) is 5.75 Å². The fraction of sp³-hybridized carbons (Fsp3) is 0.0476. The van der Waals surface area contributed by atoms with E-state index in [-0.39, 0.29) is 16.1 Å². The fourth-order valence-electron chi connectivity index (χ4n) is 2.61. The summed E-state index contributed by atoms with van der Waals surface area (Å²) in [6.07, 6.45) is 0. The van der Waals surface area contributed by atoms with Crippen LogP contribution in [0.4, 0.5) is 11.4 Å². The van der Waals surface area contributed by atoms with Crippen molar-refractivity contribution < 1.29 is 17.9 Å². The highest BCUT2D eigenvalue weighted by molar-refractivity contribution is 7.92. The van der Waals surface area contributed by atoms with Gasteiger partial charge in [0.15, 0.2) is 0 Å². The Labute approximate surface area is 168 Å². The van der Waals surface area contributed by atoms with Crippen molar-refractivity contribution in [3.05, 3.63) is 83.9 Å². The van der Waals surface area contributed by atoms with Crippen LogP contribution in [-0.2, 0) is 10.0 Å². The number of nitriles is 1. The summed E-state index contributed by atoms with van der Waals surface area (Å²) in [4.78, 5) is 12.8. The Balaban J connectivity index is 1.88. The van der Waals surface area contributed by atoms with E-state index >= 15 is 0 Å². The third-order valence-electron chi connectivity index (χ3n) is 4.08. The van der Waals surface area contributed by atoms with E-state index in [9.17, 15) is 18.5 Å². The van der Waals surface area contributed by atoms with Crippen LogP contribution in [-0.4, -0.2) is 21.4 Å². The SMILES string of the molecule is COc1ccc(S(=O)(=O)Nc2ccccc2C(=O)Nc2ccccc2C#N)cc1. The molecule has 0 aromatic heterocycles. The lowest BCUT2D eigenvalue weighted by atomic mass is 10.1. The van der Waals surface area contributed by atoms with E-state index in [1.807, 2.05) is 6.07 Å². The number of nitrogens with zero attached hydrogens (tertiary/aromatic N) is 1. The van der Waals surface area contributed by atoms with Gasteiger partial charge in [0.05, 0.1) is 34.5 Å². The number of amides is 1. The predicted molar refractivity (Wildman–Crippen MR) is 109 cm³/mol. The van der Waals surface area contributed by atoms with E-state index < -0.39 is 15.9 Å². The standard InChI is InChI=1S/C21H17N3O4S/c1-28-16-10-12-17(13-11-16)29(26,27)24-20-9-5-3-7-18(20)21(25)23-19-8-4-2-6-15(19)14-22/h2-13,24H,1H3,(H,23,25). The average Bonchev–Trinajstić information content (AvgIpc) is 2.74. The molecule has 0 bridgehead atoms. The first-order valence-electron chi connectivity index (χ1n) is 8.51. The number of benzene rings is 3. The van der Waals surface area contributed by atoms with Crippen LogP contribution in [0.15, 0.2) is 77.7 Å². The van der Waals surface area contributed by atoms with Gasteiger partial charge in [0.25, 0.3) is 15.9 Å². The Morgan fingerprint density at radius 3 is 2.21 bits per heavy atom. The summed E-state index contributed by atoms with van der Waals surface area (Å²) in [6, 6.07) is 20.7. The molecule has 29 heavy (non-hydrogen) atoms. The van der Waals surface area contributed by atoms with Crippen LogP contribution in [0.3, 0.4) is 0 Å². The smallest absolute Gasteiger partial charge is 0.261 e. The molecule has 0 atom stereocenters. The van der Waals surface area contributed by atoms with Crippen molar-refractivity contribution in [2.24, 2.45) is 0 Å². The molecule has 0 spiro atoms. The van der Waals surface area contributed by atoms with Gasteiger partial charge in [-0.3, -0.25) is 9.52 Å². The van der Waals surface area contributed by atoms with E-state index in [4.69, 9.17) is 4.74 Å². The van der Waals surface area contributed by atoms with Crippen molar-refractivity contribution in [3.8, 4) is 11.8 Å². The van der Waals surface area contributed by atoms with Crippen LogP contribution in [0.1, 0.15) is 15.9 Å². The maximum atomic E-state index is 12.7. The Hall–Kier alpha value is -3.83. The number of para-hydroxylation sites is 2. The Morgan fingerprint density at radius 2 is 1.55 bits per heavy atom.